The van der Waals surface area contributed by atoms with Crippen molar-refractivity contribution < 1.29 is 9.15 Å². The number of nitrogen functional groups attached to an aromatic ring is 1. The minimum absolute atomic E-state index is 0.104. The highest BCUT2D eigenvalue weighted by Gasteiger charge is 2.16. The second kappa shape index (κ2) is 7.51. The number of ether oxygens (including phenoxy) is 1. The molecule has 0 amide bonds. The van der Waals surface area contributed by atoms with E-state index >= 15 is 0 Å². The van der Waals surface area contributed by atoms with E-state index in [4.69, 9.17) is 26.5 Å². The second-order valence-electron chi connectivity index (χ2n) is 7.10. The highest BCUT2D eigenvalue weighted by Crippen LogP contribution is 2.32. The number of hydrogen-bond acceptors (Lipinski definition) is 7. The lowest BCUT2D eigenvalue weighted by molar-refractivity contribution is 0.482. The van der Waals surface area contributed by atoms with E-state index in [-0.39, 0.29) is 27.7 Å². The van der Waals surface area contributed by atoms with E-state index < -0.39 is 0 Å². The molecule has 4 aromatic rings. The molecular weight excluding hydrogens is 404 g/mol. The average Bonchev–Trinajstić information content (AvgIpc) is 2.76. The first-order valence-electron chi connectivity index (χ1n) is 9.65. The largest absolute Gasteiger partial charge is 0.454 e. The molecule has 5 rings (SSSR count). The Balaban J connectivity index is 1.49. The molecule has 2 aromatic carbocycles. The number of hydrogen-bond donors (Lipinski definition) is 2. The first-order chi connectivity index (χ1) is 14.6. The van der Waals surface area contributed by atoms with Crippen molar-refractivity contribution in [1.29, 1.82) is 0 Å². The standard InChI is InChI=1S/C22H19ClN4O3/c23-15-2-1-3-16-19(15)21(28)20-17(30-16)12-18(22(24)26-20)29-14-6-4-13(5-7-14)27-10-8-25-9-11-27/h1-7,12,25H,8-11H2,(H2,24,26). The molecular formula is C22H19ClN4O3. The van der Waals surface area contributed by atoms with Crippen molar-refractivity contribution in [2.75, 3.05) is 36.8 Å². The summed E-state index contributed by atoms with van der Waals surface area (Å²) in [4.78, 5) is 19.3. The van der Waals surface area contributed by atoms with E-state index in [9.17, 15) is 4.79 Å². The molecule has 2 aromatic heterocycles. The van der Waals surface area contributed by atoms with E-state index in [0.29, 0.717) is 22.1 Å². The molecule has 1 saturated heterocycles. The Morgan fingerprint density at radius 1 is 1.10 bits per heavy atom. The van der Waals surface area contributed by atoms with Gasteiger partial charge in [-0.1, -0.05) is 17.7 Å². The van der Waals surface area contributed by atoms with Crippen molar-refractivity contribution in [3.05, 3.63) is 63.8 Å². The Kier molecular flexibility index (Phi) is 4.69. The molecule has 0 aliphatic carbocycles. The summed E-state index contributed by atoms with van der Waals surface area (Å²) < 4.78 is 11.8. The maximum absolute atomic E-state index is 12.8. The summed E-state index contributed by atoms with van der Waals surface area (Å²) in [7, 11) is 0. The zero-order chi connectivity index (χ0) is 20.7. The van der Waals surface area contributed by atoms with Gasteiger partial charge < -0.3 is 25.1 Å². The molecule has 152 valence electrons. The Bertz CT molecular complexity index is 1300. The predicted octanol–water partition coefficient (Wildman–Crippen LogP) is 3.78. The molecule has 7 nitrogen and oxygen atoms in total. The molecule has 1 aliphatic heterocycles. The first kappa shape index (κ1) is 18.7. The Labute approximate surface area is 177 Å². The van der Waals surface area contributed by atoms with E-state index in [1.165, 1.54) is 0 Å². The quantitative estimate of drug-likeness (QED) is 0.485. The van der Waals surface area contributed by atoms with Crippen LogP contribution in [0.5, 0.6) is 11.5 Å². The highest BCUT2D eigenvalue weighted by atomic mass is 35.5. The predicted molar refractivity (Wildman–Crippen MR) is 119 cm³/mol. The fourth-order valence-corrected chi connectivity index (χ4v) is 3.89. The maximum Gasteiger partial charge on any atom is 0.220 e. The van der Waals surface area contributed by atoms with Crippen LogP contribution < -0.4 is 26.1 Å². The smallest absolute Gasteiger partial charge is 0.220 e. The number of halogens is 1. The Morgan fingerprint density at radius 2 is 1.87 bits per heavy atom. The van der Waals surface area contributed by atoms with Gasteiger partial charge in [0.15, 0.2) is 22.7 Å². The van der Waals surface area contributed by atoms with Crippen molar-refractivity contribution in [2.24, 2.45) is 0 Å². The van der Waals surface area contributed by atoms with Crippen LogP contribution in [-0.2, 0) is 0 Å². The minimum Gasteiger partial charge on any atom is -0.454 e. The zero-order valence-electron chi connectivity index (χ0n) is 16.0. The average molecular weight is 423 g/mol. The molecule has 1 fully saturated rings. The molecule has 0 radical (unpaired) electrons. The van der Waals surface area contributed by atoms with Gasteiger partial charge in [-0.15, -0.1) is 0 Å². The molecule has 0 unspecified atom stereocenters. The molecule has 0 bridgehead atoms. The van der Waals surface area contributed by atoms with Gasteiger partial charge in [0.25, 0.3) is 0 Å². The Morgan fingerprint density at radius 3 is 2.63 bits per heavy atom. The summed E-state index contributed by atoms with van der Waals surface area (Å²) >= 11 is 6.16. The number of benzene rings is 2. The third kappa shape index (κ3) is 3.32. The molecule has 3 heterocycles. The first-order valence-corrected chi connectivity index (χ1v) is 10.0. The Hall–Kier alpha value is -3.29. The number of anilines is 2. The monoisotopic (exact) mass is 422 g/mol. The van der Waals surface area contributed by atoms with Gasteiger partial charge in [0.2, 0.25) is 5.43 Å². The number of nitrogens with one attached hydrogen (secondary N) is 1. The molecule has 0 spiro atoms. The van der Waals surface area contributed by atoms with Crippen LogP contribution in [0, 0.1) is 0 Å². The zero-order valence-corrected chi connectivity index (χ0v) is 16.8. The van der Waals surface area contributed by atoms with Crippen LogP contribution >= 0.6 is 11.6 Å². The van der Waals surface area contributed by atoms with Crippen molar-refractivity contribution in [3.63, 3.8) is 0 Å². The minimum atomic E-state index is -0.324. The molecule has 8 heteroatoms. The van der Waals surface area contributed by atoms with Crippen molar-refractivity contribution >= 4 is 45.2 Å². The van der Waals surface area contributed by atoms with E-state index in [2.05, 4.69) is 15.2 Å². The maximum atomic E-state index is 12.8. The number of fused-ring (bicyclic) bond motifs is 2. The van der Waals surface area contributed by atoms with Crippen LogP contribution in [0.3, 0.4) is 0 Å². The topological polar surface area (TPSA) is 93.6 Å². The molecule has 30 heavy (non-hydrogen) atoms. The van der Waals surface area contributed by atoms with Gasteiger partial charge in [-0.2, -0.15) is 0 Å². The highest BCUT2D eigenvalue weighted by molar-refractivity contribution is 6.35. The fraction of sp³-hybridized carbons (Fsp3) is 0.182. The van der Waals surface area contributed by atoms with Crippen LogP contribution in [0.4, 0.5) is 11.5 Å². The number of aromatic nitrogens is 1. The van der Waals surface area contributed by atoms with Gasteiger partial charge in [-0.25, -0.2) is 4.98 Å². The number of rotatable bonds is 3. The van der Waals surface area contributed by atoms with Gasteiger partial charge in [-0.3, -0.25) is 4.79 Å². The van der Waals surface area contributed by atoms with Crippen LogP contribution in [0.1, 0.15) is 0 Å². The molecule has 3 N–H and O–H groups in total. The van der Waals surface area contributed by atoms with E-state index in [0.717, 1.165) is 31.9 Å². The van der Waals surface area contributed by atoms with Gasteiger partial charge in [0.05, 0.1) is 10.4 Å². The van der Waals surface area contributed by atoms with Gasteiger partial charge in [-0.05, 0) is 36.4 Å². The lowest BCUT2D eigenvalue weighted by atomic mass is 10.2. The number of nitrogens with two attached hydrogens (primary N) is 1. The summed E-state index contributed by atoms with van der Waals surface area (Å²) in [6.07, 6.45) is 0. The van der Waals surface area contributed by atoms with Crippen LogP contribution in [-0.4, -0.2) is 31.2 Å². The van der Waals surface area contributed by atoms with Crippen molar-refractivity contribution in [2.45, 2.75) is 0 Å². The van der Waals surface area contributed by atoms with Crippen LogP contribution in [0.15, 0.2) is 57.7 Å². The van der Waals surface area contributed by atoms with Gasteiger partial charge in [0.1, 0.15) is 11.3 Å². The summed E-state index contributed by atoms with van der Waals surface area (Å²) in [5.74, 6) is 1.04. The van der Waals surface area contributed by atoms with Crippen molar-refractivity contribution in [3.8, 4) is 11.5 Å². The number of nitrogens with zero attached hydrogens (tertiary/aromatic N) is 2. The van der Waals surface area contributed by atoms with Crippen molar-refractivity contribution in [1.82, 2.24) is 10.3 Å². The van der Waals surface area contributed by atoms with Gasteiger partial charge >= 0.3 is 0 Å². The molecule has 0 saturated carbocycles. The summed E-state index contributed by atoms with van der Waals surface area (Å²) in [6, 6.07) is 14.4. The van der Waals surface area contributed by atoms with E-state index in [1.54, 1.807) is 24.3 Å². The normalized spacial score (nSPS) is 14.4. The van der Waals surface area contributed by atoms with E-state index in [1.807, 2.05) is 24.3 Å². The number of pyridine rings is 1. The summed E-state index contributed by atoms with van der Waals surface area (Å²) in [5.41, 5.74) is 7.68. The summed E-state index contributed by atoms with van der Waals surface area (Å²) in [6.45, 7) is 3.89. The second-order valence-corrected chi connectivity index (χ2v) is 7.50. The van der Waals surface area contributed by atoms with Crippen LogP contribution in [0.25, 0.3) is 22.1 Å². The lowest BCUT2D eigenvalue weighted by Gasteiger charge is -2.29. The third-order valence-corrected chi connectivity index (χ3v) is 5.48. The third-order valence-electron chi connectivity index (χ3n) is 5.16. The SMILES string of the molecule is Nc1nc2c(=O)c3c(Cl)cccc3oc2cc1Oc1ccc(N2CCNCC2)cc1. The lowest BCUT2D eigenvalue weighted by Crippen LogP contribution is -2.43. The molecule has 1 aliphatic rings. The fourth-order valence-electron chi connectivity index (χ4n) is 3.64. The van der Waals surface area contributed by atoms with Crippen LogP contribution in [0.2, 0.25) is 5.02 Å². The number of piperazine rings is 1. The van der Waals surface area contributed by atoms with Gasteiger partial charge in [0, 0.05) is 37.9 Å². The molecule has 0 atom stereocenters. The summed E-state index contributed by atoms with van der Waals surface area (Å²) in [5, 5.41) is 3.94.